The molecule has 4 radical (unpaired) electrons. The summed E-state index contributed by atoms with van der Waals surface area (Å²) in [6, 6.07) is 0. The van der Waals surface area contributed by atoms with Gasteiger partial charge in [-0.2, -0.15) is 0 Å². The molecule has 1 aliphatic rings. The van der Waals surface area contributed by atoms with Crippen LogP contribution in [0.15, 0.2) is 0 Å². The Morgan fingerprint density at radius 2 is 1.62 bits per heavy atom. The fraction of sp³-hybridized carbons (Fsp3) is 1.00. The van der Waals surface area contributed by atoms with Gasteiger partial charge in [0, 0.05) is 27.1 Å². The second-order valence-electron chi connectivity index (χ2n) is 3.19. The van der Waals surface area contributed by atoms with Crippen LogP contribution in [0.2, 0.25) is 30.1 Å². The lowest BCUT2D eigenvalue weighted by Gasteiger charge is -2.25. The Labute approximate surface area is 57.7 Å². The lowest BCUT2D eigenvalue weighted by Crippen LogP contribution is -2.34. The minimum Gasteiger partial charge on any atom is -0.0698 e. The van der Waals surface area contributed by atoms with E-state index in [2.05, 4.69) is 13.1 Å². The third-order valence-electron chi connectivity index (χ3n) is 1.46. The van der Waals surface area contributed by atoms with Crippen molar-refractivity contribution < 1.29 is 0 Å². The summed E-state index contributed by atoms with van der Waals surface area (Å²) in [7, 11) is 2.09. The van der Waals surface area contributed by atoms with Crippen LogP contribution in [0.4, 0.5) is 0 Å². The normalized spacial score (nSPS) is 27.8. The van der Waals surface area contributed by atoms with E-state index in [1.54, 1.807) is 17.0 Å². The molecule has 0 unspecified atom stereocenters. The average Bonchev–Trinajstić information content (AvgIpc) is 1.65. The minimum atomic E-state index is -0.566. The van der Waals surface area contributed by atoms with Crippen molar-refractivity contribution in [3.8, 4) is 0 Å². The van der Waals surface area contributed by atoms with Crippen molar-refractivity contribution in [2.24, 2.45) is 0 Å². The van der Waals surface area contributed by atoms with Gasteiger partial charge in [0.05, 0.1) is 0 Å². The maximum Gasteiger partial charge on any atom is 0.0412 e. The topological polar surface area (TPSA) is 0 Å². The molecule has 3 heteroatoms. The first-order chi connectivity index (χ1) is 3.71. The fourth-order valence-corrected chi connectivity index (χ4v) is 11.9. The summed E-state index contributed by atoms with van der Waals surface area (Å²) in [6.07, 6.45) is 0. The molecular formula is C5H12Si3. The molecular weight excluding hydrogens is 144 g/mol. The molecule has 0 nitrogen and oxygen atoms in total. The van der Waals surface area contributed by atoms with Crippen molar-refractivity contribution in [2.75, 3.05) is 0 Å². The number of rotatable bonds is 0. The summed E-state index contributed by atoms with van der Waals surface area (Å²) in [6.45, 7) is 5.07. The van der Waals surface area contributed by atoms with Crippen LogP contribution in [0.5, 0.6) is 0 Å². The molecule has 0 aromatic rings. The molecule has 1 heterocycles. The molecule has 1 rings (SSSR count). The molecule has 1 aliphatic heterocycles. The standard InChI is InChI=1S/C5H12Si3/c1-8(2)4-6-3-7-5-8/h3-5H2,1-2H3. The van der Waals surface area contributed by atoms with Gasteiger partial charge in [-0.1, -0.05) is 30.1 Å². The first kappa shape index (κ1) is 6.77. The Kier molecular flexibility index (Phi) is 2.11. The predicted octanol–water partition coefficient (Wildman–Crippen LogP) is 1.41. The van der Waals surface area contributed by atoms with E-state index >= 15 is 0 Å². The summed E-state index contributed by atoms with van der Waals surface area (Å²) in [5.74, 6) is 0. The molecule has 0 spiro atoms. The molecule has 0 bridgehead atoms. The molecule has 0 aromatic carbocycles. The van der Waals surface area contributed by atoms with E-state index < -0.39 is 8.07 Å². The summed E-state index contributed by atoms with van der Waals surface area (Å²) in [5.41, 5.74) is 4.82. The molecule has 0 saturated carbocycles. The summed E-state index contributed by atoms with van der Waals surface area (Å²) in [4.78, 5) is 0. The van der Waals surface area contributed by atoms with Crippen molar-refractivity contribution in [2.45, 2.75) is 30.1 Å². The predicted molar refractivity (Wildman–Crippen MR) is 43.4 cm³/mol. The zero-order chi connectivity index (χ0) is 6.04. The maximum atomic E-state index is 2.53. The van der Waals surface area contributed by atoms with Gasteiger partial charge in [0.15, 0.2) is 0 Å². The van der Waals surface area contributed by atoms with Crippen LogP contribution < -0.4 is 0 Å². The monoisotopic (exact) mass is 156 g/mol. The maximum absolute atomic E-state index is 2.53. The Balaban J connectivity index is 2.33. The molecule has 1 saturated heterocycles. The van der Waals surface area contributed by atoms with Gasteiger partial charge >= 0.3 is 0 Å². The molecule has 0 atom stereocenters. The van der Waals surface area contributed by atoms with E-state index in [1.165, 1.54) is 19.0 Å². The molecule has 0 amide bonds. The Morgan fingerprint density at radius 1 is 1.12 bits per heavy atom. The van der Waals surface area contributed by atoms with E-state index in [1.807, 2.05) is 0 Å². The van der Waals surface area contributed by atoms with E-state index in [0.717, 1.165) is 0 Å². The van der Waals surface area contributed by atoms with Crippen LogP contribution in [0.3, 0.4) is 0 Å². The third-order valence-corrected chi connectivity index (χ3v) is 13.1. The minimum absolute atomic E-state index is 0.566. The van der Waals surface area contributed by atoms with Crippen LogP contribution in [0, 0.1) is 0 Å². The van der Waals surface area contributed by atoms with Crippen LogP contribution in [-0.4, -0.2) is 27.1 Å². The van der Waals surface area contributed by atoms with Crippen molar-refractivity contribution >= 4 is 27.1 Å². The van der Waals surface area contributed by atoms with Crippen molar-refractivity contribution in [1.29, 1.82) is 0 Å². The first-order valence-electron chi connectivity index (χ1n) is 3.12. The van der Waals surface area contributed by atoms with Gasteiger partial charge in [0.1, 0.15) is 0 Å². The highest BCUT2D eigenvalue weighted by molar-refractivity contribution is 6.94. The van der Waals surface area contributed by atoms with Gasteiger partial charge in [0.25, 0.3) is 0 Å². The highest BCUT2D eigenvalue weighted by Crippen LogP contribution is 2.18. The molecule has 0 aromatic heterocycles. The van der Waals surface area contributed by atoms with Crippen molar-refractivity contribution in [3.05, 3.63) is 0 Å². The summed E-state index contributed by atoms with van der Waals surface area (Å²) < 4.78 is 0. The smallest absolute Gasteiger partial charge is 0.0412 e. The van der Waals surface area contributed by atoms with E-state index in [0.29, 0.717) is 0 Å². The van der Waals surface area contributed by atoms with E-state index in [4.69, 9.17) is 0 Å². The number of hydrogen-bond donors (Lipinski definition) is 0. The lowest BCUT2D eigenvalue weighted by atomic mass is 11.7. The van der Waals surface area contributed by atoms with Gasteiger partial charge in [-0.25, -0.2) is 0 Å². The highest BCUT2D eigenvalue weighted by atomic mass is 28.4. The number of hydrogen-bond acceptors (Lipinski definition) is 0. The summed E-state index contributed by atoms with van der Waals surface area (Å²) >= 11 is 0. The molecule has 8 heavy (non-hydrogen) atoms. The van der Waals surface area contributed by atoms with Gasteiger partial charge in [-0.15, -0.1) is 0 Å². The molecule has 44 valence electrons. The fourth-order valence-electron chi connectivity index (χ4n) is 0.953. The largest absolute Gasteiger partial charge is 0.0698 e. The van der Waals surface area contributed by atoms with Gasteiger partial charge in [-0.05, 0) is 0 Å². The third kappa shape index (κ3) is 1.87. The summed E-state index contributed by atoms with van der Waals surface area (Å²) in [5, 5.41) is 0. The van der Waals surface area contributed by atoms with Crippen molar-refractivity contribution in [1.82, 2.24) is 0 Å². The Morgan fingerprint density at radius 3 is 1.88 bits per heavy atom. The second-order valence-corrected chi connectivity index (χ2v) is 12.8. The van der Waals surface area contributed by atoms with Crippen molar-refractivity contribution in [3.63, 3.8) is 0 Å². The van der Waals surface area contributed by atoms with Gasteiger partial charge in [0.2, 0.25) is 0 Å². The molecule has 0 N–H and O–H groups in total. The Hall–Kier alpha value is 0.651. The average molecular weight is 156 g/mol. The molecule has 1 fully saturated rings. The highest BCUT2D eigenvalue weighted by Gasteiger charge is 2.23. The zero-order valence-corrected chi connectivity index (χ0v) is 8.62. The van der Waals surface area contributed by atoms with Crippen LogP contribution in [0.25, 0.3) is 0 Å². The van der Waals surface area contributed by atoms with Crippen LogP contribution >= 0.6 is 0 Å². The second kappa shape index (κ2) is 2.49. The van der Waals surface area contributed by atoms with Gasteiger partial charge in [-0.3, -0.25) is 0 Å². The van der Waals surface area contributed by atoms with Gasteiger partial charge < -0.3 is 0 Å². The molecule has 0 aliphatic carbocycles. The SMILES string of the molecule is C[Si]1(C)C[Si]C[Si]C1. The lowest BCUT2D eigenvalue weighted by molar-refractivity contribution is 1.52. The zero-order valence-electron chi connectivity index (χ0n) is 5.62. The van der Waals surface area contributed by atoms with E-state index in [9.17, 15) is 0 Å². The van der Waals surface area contributed by atoms with Crippen LogP contribution in [-0.2, 0) is 0 Å². The van der Waals surface area contributed by atoms with E-state index in [-0.39, 0.29) is 0 Å². The Bertz CT molecular complexity index is 71.7. The quantitative estimate of drug-likeness (QED) is 0.465. The van der Waals surface area contributed by atoms with Crippen LogP contribution in [0.1, 0.15) is 0 Å². The first-order valence-corrected chi connectivity index (χ1v) is 9.36.